The van der Waals surface area contributed by atoms with E-state index in [9.17, 15) is 5.11 Å². The number of aliphatic hydroxyl groups is 1. The van der Waals surface area contributed by atoms with Crippen molar-refractivity contribution >= 4 is 29.9 Å². The Balaban J connectivity index is 0.00000392. The number of benzene rings is 2. The lowest BCUT2D eigenvalue weighted by molar-refractivity contribution is 0.265. The molecule has 0 heterocycles. The summed E-state index contributed by atoms with van der Waals surface area (Å²) in [5.41, 5.74) is 2.21. The van der Waals surface area contributed by atoms with Crippen LogP contribution < -0.4 is 15.4 Å². The highest BCUT2D eigenvalue weighted by Crippen LogP contribution is 2.25. The molecule has 2 rings (SSSR count). The fraction of sp³-hybridized carbons (Fsp3) is 0.409. The average molecular weight is 497 g/mol. The standard InChI is InChI=1S/C22H31N3O2.HI/c1-22(2,19-11-8-12-20(13-19)27-4)16-25-21(23-3)24-14-18(15-26)17-9-6-5-7-10-17;/h5-13,18,26H,14-16H2,1-4H3,(H2,23,24,25);1H. The van der Waals surface area contributed by atoms with Gasteiger partial charge in [0.25, 0.3) is 0 Å². The molecular formula is C22H32IN3O2. The number of aliphatic hydroxyl groups excluding tert-OH is 1. The van der Waals surface area contributed by atoms with Gasteiger partial charge in [-0.25, -0.2) is 0 Å². The monoisotopic (exact) mass is 497 g/mol. The second kappa shape index (κ2) is 11.9. The molecule has 0 aliphatic carbocycles. The van der Waals surface area contributed by atoms with Gasteiger partial charge in [0.1, 0.15) is 5.75 Å². The molecule has 0 saturated heterocycles. The van der Waals surface area contributed by atoms with Crippen molar-refractivity contribution in [3.63, 3.8) is 0 Å². The average Bonchev–Trinajstić information content (AvgIpc) is 2.71. The first-order valence-corrected chi connectivity index (χ1v) is 9.25. The number of halogens is 1. The highest BCUT2D eigenvalue weighted by atomic mass is 127. The third-order valence-electron chi connectivity index (χ3n) is 4.78. The molecule has 0 radical (unpaired) electrons. The fourth-order valence-corrected chi connectivity index (χ4v) is 2.90. The molecule has 0 aromatic heterocycles. The third kappa shape index (κ3) is 6.98. The van der Waals surface area contributed by atoms with Crippen LogP contribution in [-0.2, 0) is 5.41 Å². The van der Waals surface area contributed by atoms with Gasteiger partial charge in [-0.05, 0) is 23.3 Å². The van der Waals surface area contributed by atoms with Crippen LogP contribution in [0.2, 0.25) is 0 Å². The number of guanidine groups is 1. The number of hydrogen-bond acceptors (Lipinski definition) is 3. The first-order chi connectivity index (χ1) is 13.0. The van der Waals surface area contributed by atoms with Gasteiger partial charge in [0.05, 0.1) is 13.7 Å². The number of aliphatic imine (C=N–C) groups is 1. The van der Waals surface area contributed by atoms with Crippen molar-refractivity contribution in [1.82, 2.24) is 10.6 Å². The first kappa shape index (κ1) is 24.2. The Morgan fingerprint density at radius 3 is 2.43 bits per heavy atom. The van der Waals surface area contributed by atoms with Crippen LogP contribution in [0.15, 0.2) is 59.6 Å². The molecular weight excluding hydrogens is 465 g/mol. The number of hydrogen-bond donors (Lipinski definition) is 3. The summed E-state index contributed by atoms with van der Waals surface area (Å²) in [6.45, 7) is 5.78. The second-order valence-corrected chi connectivity index (χ2v) is 7.21. The molecule has 6 heteroatoms. The molecule has 0 spiro atoms. The van der Waals surface area contributed by atoms with Crippen molar-refractivity contribution in [2.24, 2.45) is 4.99 Å². The molecule has 0 amide bonds. The van der Waals surface area contributed by atoms with E-state index in [1.807, 2.05) is 42.5 Å². The maximum atomic E-state index is 9.71. The lowest BCUT2D eigenvalue weighted by Gasteiger charge is -2.27. The van der Waals surface area contributed by atoms with Crippen molar-refractivity contribution in [3.05, 3.63) is 65.7 Å². The number of nitrogens with zero attached hydrogens (tertiary/aromatic N) is 1. The van der Waals surface area contributed by atoms with Crippen LogP contribution in [0.3, 0.4) is 0 Å². The first-order valence-electron chi connectivity index (χ1n) is 9.25. The molecule has 0 fully saturated rings. The molecule has 1 unspecified atom stereocenters. The molecule has 5 nitrogen and oxygen atoms in total. The number of nitrogens with one attached hydrogen (secondary N) is 2. The van der Waals surface area contributed by atoms with Gasteiger partial charge in [-0.1, -0.05) is 56.3 Å². The highest BCUT2D eigenvalue weighted by Gasteiger charge is 2.21. The van der Waals surface area contributed by atoms with E-state index in [1.54, 1.807) is 14.2 Å². The fourth-order valence-electron chi connectivity index (χ4n) is 2.90. The molecule has 2 aromatic carbocycles. The molecule has 0 aliphatic heterocycles. The normalized spacial score (nSPS) is 12.7. The van der Waals surface area contributed by atoms with Gasteiger partial charge in [-0.15, -0.1) is 24.0 Å². The van der Waals surface area contributed by atoms with Crippen LogP contribution in [-0.4, -0.2) is 44.9 Å². The topological polar surface area (TPSA) is 65.9 Å². The van der Waals surface area contributed by atoms with Gasteiger partial charge >= 0.3 is 0 Å². The smallest absolute Gasteiger partial charge is 0.191 e. The maximum absolute atomic E-state index is 9.71. The van der Waals surface area contributed by atoms with Crippen LogP contribution in [0.1, 0.15) is 30.9 Å². The minimum absolute atomic E-state index is 0. The third-order valence-corrected chi connectivity index (χ3v) is 4.78. The highest BCUT2D eigenvalue weighted by molar-refractivity contribution is 14.0. The molecule has 2 aromatic rings. The van der Waals surface area contributed by atoms with Crippen LogP contribution in [0.4, 0.5) is 0 Å². The summed E-state index contributed by atoms with van der Waals surface area (Å²) in [5, 5.41) is 16.4. The Kier molecular flexibility index (Phi) is 10.3. The van der Waals surface area contributed by atoms with E-state index >= 15 is 0 Å². The van der Waals surface area contributed by atoms with E-state index in [4.69, 9.17) is 4.74 Å². The van der Waals surface area contributed by atoms with E-state index in [2.05, 4.69) is 41.6 Å². The van der Waals surface area contributed by atoms with E-state index in [1.165, 1.54) is 5.56 Å². The van der Waals surface area contributed by atoms with Gasteiger partial charge in [-0.2, -0.15) is 0 Å². The molecule has 0 saturated carbocycles. The summed E-state index contributed by atoms with van der Waals surface area (Å²) in [6, 6.07) is 18.2. The molecule has 154 valence electrons. The Morgan fingerprint density at radius 2 is 1.82 bits per heavy atom. The van der Waals surface area contributed by atoms with Crippen molar-refractivity contribution < 1.29 is 9.84 Å². The van der Waals surface area contributed by atoms with Crippen LogP contribution in [0, 0.1) is 0 Å². The number of methoxy groups -OCH3 is 1. The van der Waals surface area contributed by atoms with E-state index in [0.29, 0.717) is 6.54 Å². The quantitative estimate of drug-likeness (QED) is 0.297. The lowest BCUT2D eigenvalue weighted by Crippen LogP contribution is -2.44. The Hall–Kier alpha value is -1.80. The van der Waals surface area contributed by atoms with Gasteiger partial charge in [0.2, 0.25) is 0 Å². The van der Waals surface area contributed by atoms with E-state index in [-0.39, 0.29) is 41.9 Å². The van der Waals surface area contributed by atoms with Gasteiger partial charge in [0.15, 0.2) is 5.96 Å². The minimum atomic E-state index is -0.0953. The van der Waals surface area contributed by atoms with Gasteiger partial charge in [0, 0.05) is 31.5 Å². The Labute approximate surface area is 185 Å². The van der Waals surface area contributed by atoms with Crippen molar-refractivity contribution in [3.8, 4) is 5.75 Å². The predicted molar refractivity (Wildman–Crippen MR) is 127 cm³/mol. The van der Waals surface area contributed by atoms with Crippen molar-refractivity contribution in [2.45, 2.75) is 25.2 Å². The molecule has 28 heavy (non-hydrogen) atoms. The predicted octanol–water partition coefficient (Wildman–Crippen LogP) is 3.53. The zero-order valence-electron chi connectivity index (χ0n) is 17.1. The van der Waals surface area contributed by atoms with Crippen LogP contribution >= 0.6 is 24.0 Å². The van der Waals surface area contributed by atoms with Gasteiger partial charge < -0.3 is 20.5 Å². The molecule has 1 atom stereocenters. The maximum Gasteiger partial charge on any atom is 0.191 e. The summed E-state index contributed by atoms with van der Waals surface area (Å²) >= 11 is 0. The largest absolute Gasteiger partial charge is 0.497 e. The summed E-state index contributed by atoms with van der Waals surface area (Å²) < 4.78 is 5.34. The number of ether oxygens (including phenoxy) is 1. The zero-order valence-corrected chi connectivity index (χ0v) is 19.4. The summed E-state index contributed by atoms with van der Waals surface area (Å²) in [4.78, 5) is 4.31. The summed E-state index contributed by atoms with van der Waals surface area (Å²) in [6.07, 6.45) is 0. The molecule has 3 N–H and O–H groups in total. The summed E-state index contributed by atoms with van der Waals surface area (Å²) in [5.74, 6) is 1.60. The zero-order chi connectivity index (χ0) is 19.7. The Morgan fingerprint density at radius 1 is 1.11 bits per heavy atom. The van der Waals surface area contributed by atoms with Crippen molar-refractivity contribution in [2.75, 3.05) is 33.9 Å². The number of rotatable bonds is 8. The van der Waals surface area contributed by atoms with Crippen molar-refractivity contribution in [1.29, 1.82) is 0 Å². The molecule has 0 aliphatic rings. The Bertz CT molecular complexity index is 736. The second-order valence-electron chi connectivity index (χ2n) is 7.21. The van der Waals surface area contributed by atoms with E-state index < -0.39 is 0 Å². The SMILES string of the molecule is CN=C(NCC(CO)c1ccccc1)NCC(C)(C)c1cccc(OC)c1.I. The minimum Gasteiger partial charge on any atom is -0.497 e. The summed E-state index contributed by atoms with van der Waals surface area (Å²) in [7, 11) is 3.44. The lowest BCUT2D eigenvalue weighted by atomic mass is 9.84. The van der Waals surface area contributed by atoms with Gasteiger partial charge in [-0.3, -0.25) is 4.99 Å². The van der Waals surface area contributed by atoms with Crippen LogP contribution in [0.25, 0.3) is 0 Å². The van der Waals surface area contributed by atoms with Crippen LogP contribution in [0.5, 0.6) is 5.75 Å². The molecule has 0 bridgehead atoms. The van der Waals surface area contributed by atoms with E-state index in [0.717, 1.165) is 23.8 Å².